The van der Waals surface area contributed by atoms with Gasteiger partial charge in [-0.15, -0.1) is 0 Å². The third-order valence-electron chi connectivity index (χ3n) is 5.45. The smallest absolute Gasteiger partial charge is 0.244 e. The number of aromatic nitrogens is 1. The number of nitrogens with one attached hydrogen (secondary N) is 2. The molecule has 33 heavy (non-hydrogen) atoms. The summed E-state index contributed by atoms with van der Waals surface area (Å²) in [5, 5.41) is 2.68. The van der Waals surface area contributed by atoms with Gasteiger partial charge in [0.25, 0.3) is 0 Å². The Labute approximate surface area is 192 Å². The summed E-state index contributed by atoms with van der Waals surface area (Å²) in [5.41, 5.74) is 2.31. The van der Waals surface area contributed by atoms with E-state index in [0.29, 0.717) is 18.8 Å². The van der Waals surface area contributed by atoms with Crippen LogP contribution in [0.5, 0.6) is 0 Å². The van der Waals surface area contributed by atoms with Crippen molar-refractivity contribution in [1.82, 2.24) is 9.71 Å². The van der Waals surface area contributed by atoms with Crippen LogP contribution in [0, 0.1) is 0 Å². The summed E-state index contributed by atoms with van der Waals surface area (Å²) in [7, 11) is -4.01. The van der Waals surface area contributed by atoms with E-state index in [1.165, 1.54) is 13.0 Å². The quantitative estimate of drug-likeness (QED) is 0.559. The molecular formula is C24H24N4O4S. The monoisotopic (exact) mass is 464 g/mol. The van der Waals surface area contributed by atoms with Crippen LogP contribution in [0.2, 0.25) is 0 Å². The van der Waals surface area contributed by atoms with Gasteiger partial charge in [-0.25, -0.2) is 13.4 Å². The zero-order valence-corrected chi connectivity index (χ0v) is 18.9. The second kappa shape index (κ2) is 9.51. The Balaban J connectivity index is 1.59. The minimum Gasteiger partial charge on any atom is -0.312 e. The SMILES string of the molecule is CC(=O)N1CCc2cc(S(=O)(=O)NC(Cc3ccccc3)C(=O)Nc3ccccn3)ccc21. The summed E-state index contributed by atoms with van der Waals surface area (Å²) in [6.45, 7) is 2.00. The molecule has 4 rings (SSSR count). The molecule has 0 saturated carbocycles. The average Bonchev–Trinajstić information content (AvgIpc) is 3.24. The van der Waals surface area contributed by atoms with Crippen molar-refractivity contribution in [2.24, 2.45) is 0 Å². The maximum absolute atomic E-state index is 13.2. The highest BCUT2D eigenvalue weighted by atomic mass is 32.2. The van der Waals surface area contributed by atoms with Crippen LogP contribution < -0.4 is 14.9 Å². The van der Waals surface area contributed by atoms with Gasteiger partial charge in [-0.05, 0) is 54.3 Å². The molecule has 2 N–H and O–H groups in total. The molecule has 1 aromatic heterocycles. The van der Waals surface area contributed by atoms with Gasteiger partial charge >= 0.3 is 0 Å². The van der Waals surface area contributed by atoms with Gasteiger partial charge in [-0.1, -0.05) is 36.4 Å². The Morgan fingerprint density at radius 3 is 2.52 bits per heavy atom. The van der Waals surface area contributed by atoms with Gasteiger partial charge in [0, 0.05) is 25.4 Å². The molecule has 1 aliphatic heterocycles. The minimum atomic E-state index is -4.01. The van der Waals surface area contributed by atoms with Gasteiger partial charge in [-0.2, -0.15) is 4.72 Å². The van der Waals surface area contributed by atoms with Gasteiger partial charge < -0.3 is 10.2 Å². The summed E-state index contributed by atoms with van der Waals surface area (Å²) in [4.78, 5) is 30.5. The highest BCUT2D eigenvalue weighted by Crippen LogP contribution is 2.30. The van der Waals surface area contributed by atoms with E-state index in [1.807, 2.05) is 30.3 Å². The van der Waals surface area contributed by atoms with Crippen molar-refractivity contribution in [2.45, 2.75) is 30.7 Å². The van der Waals surface area contributed by atoms with Crippen LogP contribution in [0.1, 0.15) is 18.1 Å². The first-order valence-corrected chi connectivity index (χ1v) is 12.0. The van der Waals surface area contributed by atoms with Crippen molar-refractivity contribution in [1.29, 1.82) is 0 Å². The van der Waals surface area contributed by atoms with E-state index in [9.17, 15) is 18.0 Å². The van der Waals surface area contributed by atoms with Crippen LogP contribution in [-0.4, -0.2) is 37.8 Å². The molecule has 1 unspecified atom stereocenters. The normalized spacial score (nSPS) is 13.9. The molecular weight excluding hydrogens is 440 g/mol. The number of nitrogens with zero attached hydrogens (tertiary/aromatic N) is 2. The first kappa shape index (κ1) is 22.6. The molecule has 0 spiro atoms. The predicted octanol–water partition coefficient (Wildman–Crippen LogP) is 2.52. The largest absolute Gasteiger partial charge is 0.312 e. The summed E-state index contributed by atoms with van der Waals surface area (Å²) in [5.74, 6) is -0.261. The third kappa shape index (κ3) is 5.27. The minimum absolute atomic E-state index is 0.0512. The fraction of sp³-hybridized carbons (Fsp3) is 0.208. The van der Waals surface area contributed by atoms with E-state index in [4.69, 9.17) is 0 Å². The lowest BCUT2D eigenvalue weighted by molar-refractivity contribution is -0.118. The number of carbonyl (C=O) groups is 2. The van der Waals surface area contributed by atoms with Crippen molar-refractivity contribution < 1.29 is 18.0 Å². The van der Waals surface area contributed by atoms with Gasteiger partial charge in [0.1, 0.15) is 11.9 Å². The zero-order chi connectivity index (χ0) is 23.4. The lowest BCUT2D eigenvalue weighted by atomic mass is 10.1. The highest BCUT2D eigenvalue weighted by molar-refractivity contribution is 7.89. The Kier molecular flexibility index (Phi) is 6.52. The molecule has 1 aliphatic rings. The number of carbonyl (C=O) groups excluding carboxylic acids is 2. The number of pyridine rings is 1. The lowest BCUT2D eigenvalue weighted by Gasteiger charge is -2.19. The van der Waals surface area contributed by atoms with Crippen molar-refractivity contribution in [3.8, 4) is 0 Å². The predicted molar refractivity (Wildman–Crippen MR) is 125 cm³/mol. The van der Waals surface area contributed by atoms with Gasteiger partial charge in [-0.3, -0.25) is 9.59 Å². The van der Waals surface area contributed by atoms with Crippen molar-refractivity contribution >= 4 is 33.3 Å². The molecule has 2 heterocycles. The molecule has 2 aromatic carbocycles. The maximum atomic E-state index is 13.2. The third-order valence-corrected chi connectivity index (χ3v) is 6.92. The topological polar surface area (TPSA) is 108 Å². The van der Waals surface area contributed by atoms with E-state index in [1.54, 1.807) is 41.4 Å². The molecule has 2 amide bonds. The molecule has 170 valence electrons. The summed E-state index contributed by atoms with van der Waals surface area (Å²) in [6.07, 6.45) is 2.29. The molecule has 8 nitrogen and oxygen atoms in total. The number of benzene rings is 2. The van der Waals surface area contributed by atoms with E-state index in [0.717, 1.165) is 16.8 Å². The number of rotatable bonds is 7. The van der Waals surface area contributed by atoms with E-state index >= 15 is 0 Å². The number of fused-ring (bicyclic) bond motifs is 1. The molecule has 0 saturated heterocycles. The van der Waals surface area contributed by atoms with Crippen LogP contribution in [0.25, 0.3) is 0 Å². The Bertz CT molecular complexity index is 1260. The summed E-state index contributed by atoms with van der Waals surface area (Å²) >= 11 is 0. The van der Waals surface area contributed by atoms with Crippen LogP contribution in [0.15, 0.2) is 77.8 Å². The first-order valence-electron chi connectivity index (χ1n) is 10.5. The fourth-order valence-electron chi connectivity index (χ4n) is 3.82. The Morgan fingerprint density at radius 2 is 1.82 bits per heavy atom. The van der Waals surface area contributed by atoms with Crippen LogP contribution in [-0.2, 0) is 32.5 Å². The fourth-order valence-corrected chi connectivity index (χ4v) is 5.06. The van der Waals surface area contributed by atoms with E-state index < -0.39 is 22.0 Å². The van der Waals surface area contributed by atoms with Crippen molar-refractivity contribution in [3.05, 3.63) is 84.1 Å². The highest BCUT2D eigenvalue weighted by Gasteiger charge is 2.29. The lowest BCUT2D eigenvalue weighted by Crippen LogP contribution is -2.45. The van der Waals surface area contributed by atoms with Crippen molar-refractivity contribution in [3.63, 3.8) is 0 Å². The number of hydrogen-bond donors (Lipinski definition) is 2. The van der Waals surface area contributed by atoms with Gasteiger partial charge in [0.2, 0.25) is 21.8 Å². The summed E-state index contributed by atoms with van der Waals surface area (Å²) < 4.78 is 29.0. The van der Waals surface area contributed by atoms with E-state index in [2.05, 4.69) is 15.0 Å². The second-order valence-corrected chi connectivity index (χ2v) is 9.49. The number of hydrogen-bond acceptors (Lipinski definition) is 5. The van der Waals surface area contributed by atoms with Crippen LogP contribution >= 0.6 is 0 Å². The Morgan fingerprint density at radius 1 is 1.06 bits per heavy atom. The number of sulfonamides is 1. The molecule has 0 aliphatic carbocycles. The molecule has 9 heteroatoms. The molecule has 0 bridgehead atoms. The van der Waals surface area contributed by atoms with Crippen LogP contribution in [0.4, 0.5) is 11.5 Å². The van der Waals surface area contributed by atoms with Crippen LogP contribution in [0.3, 0.4) is 0 Å². The van der Waals surface area contributed by atoms with Gasteiger partial charge in [0.15, 0.2) is 0 Å². The maximum Gasteiger partial charge on any atom is 0.244 e. The number of anilines is 2. The Hall–Kier alpha value is -3.56. The second-order valence-electron chi connectivity index (χ2n) is 7.78. The standard InChI is InChI=1S/C24H24N4O4S/c1-17(29)28-14-12-19-16-20(10-11-22(19)28)33(31,32)27-21(15-18-7-3-2-4-8-18)24(30)26-23-9-5-6-13-25-23/h2-11,13,16,21,27H,12,14-15H2,1H3,(H,25,26,30). The molecule has 0 radical (unpaired) electrons. The average molecular weight is 465 g/mol. The summed E-state index contributed by atoms with van der Waals surface area (Å²) in [6, 6.07) is 17.9. The van der Waals surface area contributed by atoms with Gasteiger partial charge in [0.05, 0.1) is 4.90 Å². The number of amides is 2. The molecule has 1 atom stereocenters. The van der Waals surface area contributed by atoms with Crippen molar-refractivity contribution in [2.75, 3.05) is 16.8 Å². The molecule has 0 fully saturated rings. The zero-order valence-electron chi connectivity index (χ0n) is 18.1. The molecule has 3 aromatic rings. The first-order chi connectivity index (χ1) is 15.8. The van der Waals surface area contributed by atoms with E-state index in [-0.39, 0.29) is 17.2 Å².